The first-order chi connectivity index (χ1) is 4.84. The predicted molar refractivity (Wildman–Crippen MR) is 38.6 cm³/mol. The third-order valence-corrected chi connectivity index (χ3v) is 2.01. The highest BCUT2D eigenvalue weighted by Crippen LogP contribution is 2.15. The minimum atomic E-state index is -0.0831. The van der Waals surface area contributed by atoms with Crippen LogP contribution >= 0.6 is 0 Å². The molecule has 2 atom stereocenters. The Balaban J connectivity index is 2.24. The van der Waals surface area contributed by atoms with E-state index in [9.17, 15) is 0 Å². The lowest BCUT2D eigenvalue weighted by molar-refractivity contribution is 0.0358. The number of rotatable bonds is 2. The van der Waals surface area contributed by atoms with E-state index in [1.165, 1.54) is 0 Å². The van der Waals surface area contributed by atoms with Crippen molar-refractivity contribution in [2.45, 2.75) is 18.9 Å². The minimum absolute atomic E-state index is 0.0774. The van der Waals surface area contributed by atoms with Crippen LogP contribution in [0.3, 0.4) is 0 Å². The maximum absolute atomic E-state index is 8.71. The van der Waals surface area contributed by atoms with E-state index in [-0.39, 0.29) is 12.6 Å². The number of aliphatic hydroxyl groups is 1. The van der Waals surface area contributed by atoms with Crippen molar-refractivity contribution in [3.05, 3.63) is 0 Å². The molecule has 3 N–H and O–H groups in total. The summed E-state index contributed by atoms with van der Waals surface area (Å²) in [5.41, 5.74) is 5.62. The fraction of sp³-hybridized carbons (Fsp3) is 1.00. The number of ether oxygens (including phenoxy) is 1. The van der Waals surface area contributed by atoms with Gasteiger partial charge in [-0.1, -0.05) is 0 Å². The number of hydrogen-bond acceptors (Lipinski definition) is 3. The van der Waals surface area contributed by atoms with Gasteiger partial charge in [-0.05, 0) is 18.8 Å². The van der Waals surface area contributed by atoms with Crippen molar-refractivity contribution in [3.63, 3.8) is 0 Å². The smallest absolute Gasteiger partial charge is 0.0586 e. The van der Waals surface area contributed by atoms with E-state index in [0.717, 1.165) is 26.1 Å². The van der Waals surface area contributed by atoms with Gasteiger partial charge in [-0.15, -0.1) is 0 Å². The SMILES string of the molecule is N[C@H](CO)[C@@H]1CCCOC1. The van der Waals surface area contributed by atoms with Crippen molar-refractivity contribution in [3.8, 4) is 0 Å². The van der Waals surface area contributed by atoms with E-state index < -0.39 is 0 Å². The van der Waals surface area contributed by atoms with Crippen LogP contribution in [-0.4, -0.2) is 31.0 Å². The maximum atomic E-state index is 8.71. The van der Waals surface area contributed by atoms with E-state index in [0.29, 0.717) is 5.92 Å². The highest BCUT2D eigenvalue weighted by atomic mass is 16.5. The first kappa shape index (κ1) is 7.98. The van der Waals surface area contributed by atoms with E-state index in [1.807, 2.05) is 0 Å². The maximum Gasteiger partial charge on any atom is 0.0586 e. The summed E-state index contributed by atoms with van der Waals surface area (Å²) in [7, 11) is 0. The normalized spacial score (nSPS) is 30.0. The summed E-state index contributed by atoms with van der Waals surface area (Å²) in [6.07, 6.45) is 2.18. The largest absolute Gasteiger partial charge is 0.395 e. The standard InChI is InChI=1S/C7H15NO2/c8-7(4-9)6-2-1-3-10-5-6/h6-7,9H,1-5,8H2/t6-,7-/m1/s1. The molecule has 0 radical (unpaired) electrons. The van der Waals surface area contributed by atoms with Gasteiger partial charge in [-0.2, -0.15) is 0 Å². The minimum Gasteiger partial charge on any atom is -0.395 e. The molecule has 3 heteroatoms. The lowest BCUT2D eigenvalue weighted by Crippen LogP contribution is -2.38. The van der Waals surface area contributed by atoms with Gasteiger partial charge in [0.05, 0.1) is 13.2 Å². The van der Waals surface area contributed by atoms with Crippen molar-refractivity contribution < 1.29 is 9.84 Å². The van der Waals surface area contributed by atoms with Crippen molar-refractivity contribution in [2.24, 2.45) is 11.7 Å². The van der Waals surface area contributed by atoms with E-state index >= 15 is 0 Å². The van der Waals surface area contributed by atoms with Gasteiger partial charge in [0.15, 0.2) is 0 Å². The topological polar surface area (TPSA) is 55.5 Å². The summed E-state index contributed by atoms with van der Waals surface area (Å²) in [6.45, 7) is 1.66. The van der Waals surface area contributed by atoms with Crippen LogP contribution in [0, 0.1) is 5.92 Å². The molecule has 1 aliphatic rings. The molecule has 1 heterocycles. The van der Waals surface area contributed by atoms with Crippen LogP contribution in [0.25, 0.3) is 0 Å². The number of hydrogen-bond donors (Lipinski definition) is 2. The van der Waals surface area contributed by atoms with Crippen LogP contribution < -0.4 is 5.73 Å². The van der Waals surface area contributed by atoms with Gasteiger partial charge in [0.25, 0.3) is 0 Å². The summed E-state index contributed by atoms with van der Waals surface area (Å²) in [5, 5.41) is 8.71. The molecule has 3 nitrogen and oxygen atoms in total. The lowest BCUT2D eigenvalue weighted by atomic mass is 9.95. The second-order valence-electron chi connectivity index (χ2n) is 2.82. The Bertz CT molecular complexity index is 91.6. The van der Waals surface area contributed by atoms with Crippen LogP contribution in [0.4, 0.5) is 0 Å². The highest BCUT2D eigenvalue weighted by molar-refractivity contribution is 4.73. The molecular formula is C7H15NO2. The van der Waals surface area contributed by atoms with Crippen molar-refractivity contribution in [1.82, 2.24) is 0 Å². The van der Waals surface area contributed by atoms with Gasteiger partial charge < -0.3 is 15.6 Å². The molecule has 0 aromatic rings. The van der Waals surface area contributed by atoms with Crippen LogP contribution in [-0.2, 0) is 4.74 Å². The van der Waals surface area contributed by atoms with E-state index in [4.69, 9.17) is 15.6 Å². The fourth-order valence-corrected chi connectivity index (χ4v) is 1.25. The Morgan fingerprint density at radius 2 is 2.50 bits per heavy atom. The summed E-state index contributed by atoms with van der Waals surface area (Å²) >= 11 is 0. The Morgan fingerprint density at radius 1 is 1.70 bits per heavy atom. The molecule has 1 saturated heterocycles. The van der Waals surface area contributed by atoms with Crippen LogP contribution in [0.5, 0.6) is 0 Å². The molecule has 1 fully saturated rings. The summed E-state index contributed by atoms with van der Waals surface area (Å²) in [6, 6.07) is -0.0831. The Hall–Kier alpha value is -0.120. The number of nitrogens with two attached hydrogens (primary N) is 1. The van der Waals surface area contributed by atoms with Gasteiger partial charge in [-0.25, -0.2) is 0 Å². The highest BCUT2D eigenvalue weighted by Gasteiger charge is 2.19. The first-order valence-corrected chi connectivity index (χ1v) is 3.78. The fourth-order valence-electron chi connectivity index (χ4n) is 1.25. The summed E-state index contributed by atoms with van der Waals surface area (Å²) < 4.78 is 5.21. The molecule has 0 spiro atoms. The molecule has 0 aliphatic carbocycles. The zero-order valence-electron chi connectivity index (χ0n) is 6.12. The molecule has 0 unspecified atom stereocenters. The average molecular weight is 145 g/mol. The van der Waals surface area contributed by atoms with Crippen molar-refractivity contribution >= 4 is 0 Å². The Morgan fingerprint density at radius 3 is 3.00 bits per heavy atom. The third kappa shape index (κ3) is 1.94. The molecule has 0 saturated carbocycles. The zero-order valence-corrected chi connectivity index (χ0v) is 6.12. The van der Waals surface area contributed by atoms with E-state index in [2.05, 4.69) is 0 Å². The van der Waals surface area contributed by atoms with Gasteiger partial charge in [0.1, 0.15) is 0 Å². The zero-order chi connectivity index (χ0) is 7.40. The van der Waals surface area contributed by atoms with Crippen LogP contribution in [0.1, 0.15) is 12.8 Å². The lowest BCUT2D eigenvalue weighted by Gasteiger charge is -2.25. The van der Waals surface area contributed by atoms with Gasteiger partial charge in [0, 0.05) is 12.6 Å². The second-order valence-corrected chi connectivity index (χ2v) is 2.82. The van der Waals surface area contributed by atoms with Crippen LogP contribution in [0.15, 0.2) is 0 Å². The molecule has 1 rings (SSSR count). The van der Waals surface area contributed by atoms with Crippen LogP contribution in [0.2, 0.25) is 0 Å². The van der Waals surface area contributed by atoms with Gasteiger partial charge >= 0.3 is 0 Å². The number of aliphatic hydroxyl groups excluding tert-OH is 1. The second kappa shape index (κ2) is 3.91. The summed E-state index contributed by atoms with van der Waals surface area (Å²) in [4.78, 5) is 0. The first-order valence-electron chi connectivity index (χ1n) is 3.78. The monoisotopic (exact) mass is 145 g/mol. The molecule has 0 bridgehead atoms. The molecule has 1 aliphatic heterocycles. The van der Waals surface area contributed by atoms with E-state index in [1.54, 1.807) is 0 Å². The van der Waals surface area contributed by atoms with Crippen molar-refractivity contribution in [1.29, 1.82) is 0 Å². The molecule has 60 valence electrons. The quantitative estimate of drug-likeness (QED) is 0.562. The molecule has 10 heavy (non-hydrogen) atoms. The van der Waals surface area contributed by atoms with Crippen molar-refractivity contribution in [2.75, 3.05) is 19.8 Å². The Kier molecular flexibility index (Phi) is 3.12. The third-order valence-electron chi connectivity index (χ3n) is 2.01. The molecule has 0 amide bonds. The summed E-state index contributed by atoms with van der Waals surface area (Å²) in [5.74, 6) is 0.374. The Labute approximate surface area is 61.2 Å². The molecule has 0 aromatic heterocycles. The predicted octanol–water partition coefficient (Wildman–Crippen LogP) is -0.267. The van der Waals surface area contributed by atoms with Gasteiger partial charge in [-0.3, -0.25) is 0 Å². The average Bonchev–Trinajstić information content (AvgIpc) is 2.05. The van der Waals surface area contributed by atoms with Gasteiger partial charge in [0.2, 0.25) is 0 Å². The molecular weight excluding hydrogens is 130 g/mol. The molecule has 0 aromatic carbocycles.